The highest BCUT2D eigenvalue weighted by molar-refractivity contribution is 5.50. The monoisotopic (exact) mass is 310 g/mol. The van der Waals surface area contributed by atoms with Gasteiger partial charge >= 0.3 is 0 Å². The molecule has 0 aliphatic carbocycles. The second-order valence-corrected chi connectivity index (χ2v) is 4.45. The van der Waals surface area contributed by atoms with E-state index in [4.69, 9.17) is 0 Å². The van der Waals surface area contributed by atoms with E-state index < -0.39 is 41.1 Å². The van der Waals surface area contributed by atoms with Gasteiger partial charge in [-0.3, -0.25) is 0 Å². The highest BCUT2D eigenvalue weighted by atomic mass is 19.2. The van der Waals surface area contributed by atoms with Crippen LogP contribution in [0.1, 0.15) is 11.1 Å². The number of halogens is 5. The summed E-state index contributed by atoms with van der Waals surface area (Å²) in [7, 11) is 0. The second kappa shape index (κ2) is 7.02. The molecule has 0 N–H and O–H groups in total. The van der Waals surface area contributed by atoms with E-state index in [1.807, 2.05) is 30.3 Å². The lowest BCUT2D eigenvalue weighted by Crippen LogP contribution is -2.06. The average Bonchev–Trinajstić information content (AvgIpc) is 2.54. The summed E-state index contributed by atoms with van der Waals surface area (Å²) < 4.78 is 65.7. The number of benzene rings is 2. The SMILES string of the molecule is Fc1c(F)c(F)c(C/C=C/C=C/c2ccccc2)c(F)c1F. The summed E-state index contributed by atoms with van der Waals surface area (Å²) >= 11 is 0. The van der Waals surface area contributed by atoms with Gasteiger partial charge in [0.2, 0.25) is 5.82 Å². The minimum atomic E-state index is -2.15. The maximum Gasteiger partial charge on any atom is 0.200 e. The van der Waals surface area contributed by atoms with Crippen molar-refractivity contribution in [1.82, 2.24) is 0 Å². The van der Waals surface area contributed by atoms with Gasteiger partial charge in [-0.25, -0.2) is 22.0 Å². The molecule has 0 unspecified atom stereocenters. The van der Waals surface area contributed by atoms with Crippen molar-refractivity contribution in [3.05, 3.63) is 88.8 Å². The average molecular weight is 310 g/mol. The van der Waals surface area contributed by atoms with Gasteiger partial charge in [-0.05, 0) is 12.0 Å². The zero-order valence-electron chi connectivity index (χ0n) is 11.3. The van der Waals surface area contributed by atoms with Gasteiger partial charge in [0.25, 0.3) is 0 Å². The molecule has 2 rings (SSSR count). The fourth-order valence-corrected chi connectivity index (χ4v) is 1.82. The predicted octanol–water partition coefficient (Wildman–Crippen LogP) is 5.19. The Hall–Kier alpha value is -2.43. The molecule has 0 aliphatic rings. The van der Waals surface area contributed by atoms with Gasteiger partial charge in [0.1, 0.15) is 0 Å². The molecule has 0 saturated heterocycles. The molecule has 0 nitrogen and oxygen atoms in total. The van der Waals surface area contributed by atoms with Gasteiger partial charge in [0, 0.05) is 5.56 Å². The molecule has 0 atom stereocenters. The van der Waals surface area contributed by atoms with Crippen LogP contribution in [0.4, 0.5) is 22.0 Å². The molecular weight excluding hydrogens is 299 g/mol. The Morgan fingerprint density at radius 1 is 0.682 bits per heavy atom. The van der Waals surface area contributed by atoms with Gasteiger partial charge in [0.15, 0.2) is 23.3 Å². The van der Waals surface area contributed by atoms with Crippen LogP contribution in [0, 0.1) is 29.1 Å². The highest BCUT2D eigenvalue weighted by Gasteiger charge is 2.24. The van der Waals surface area contributed by atoms with Crippen LogP contribution in [-0.4, -0.2) is 0 Å². The minimum absolute atomic E-state index is 0.398. The molecule has 114 valence electrons. The van der Waals surface area contributed by atoms with E-state index in [9.17, 15) is 22.0 Å². The van der Waals surface area contributed by atoms with Gasteiger partial charge in [-0.1, -0.05) is 54.6 Å². The lowest BCUT2D eigenvalue weighted by molar-refractivity contribution is 0.371. The fourth-order valence-electron chi connectivity index (χ4n) is 1.82. The molecule has 2 aromatic carbocycles. The van der Waals surface area contributed by atoms with Crippen molar-refractivity contribution in [3.63, 3.8) is 0 Å². The second-order valence-electron chi connectivity index (χ2n) is 4.45. The summed E-state index contributed by atoms with van der Waals surface area (Å²) in [6.45, 7) is 0. The molecule has 0 fully saturated rings. The van der Waals surface area contributed by atoms with Crippen LogP contribution in [0.2, 0.25) is 0 Å². The van der Waals surface area contributed by atoms with E-state index in [0.717, 1.165) is 5.56 Å². The molecule has 0 saturated carbocycles. The van der Waals surface area contributed by atoms with E-state index in [-0.39, 0.29) is 0 Å². The zero-order chi connectivity index (χ0) is 16.1. The molecule has 0 spiro atoms. The Kier molecular flexibility index (Phi) is 5.09. The predicted molar refractivity (Wildman–Crippen MR) is 74.6 cm³/mol. The molecule has 22 heavy (non-hydrogen) atoms. The Morgan fingerprint density at radius 2 is 1.23 bits per heavy atom. The van der Waals surface area contributed by atoms with Crippen molar-refractivity contribution in [2.75, 3.05) is 0 Å². The van der Waals surface area contributed by atoms with Crippen LogP contribution in [0.3, 0.4) is 0 Å². The van der Waals surface area contributed by atoms with E-state index in [1.165, 1.54) is 12.2 Å². The molecule has 5 heteroatoms. The van der Waals surface area contributed by atoms with Crippen LogP contribution in [-0.2, 0) is 6.42 Å². The molecule has 0 bridgehead atoms. The van der Waals surface area contributed by atoms with Gasteiger partial charge in [-0.2, -0.15) is 0 Å². The van der Waals surface area contributed by atoms with Crippen LogP contribution < -0.4 is 0 Å². The van der Waals surface area contributed by atoms with Crippen molar-refractivity contribution < 1.29 is 22.0 Å². The fraction of sp³-hybridized carbons (Fsp3) is 0.0588. The number of rotatable bonds is 4. The topological polar surface area (TPSA) is 0 Å². The molecular formula is C17H11F5. The van der Waals surface area contributed by atoms with Crippen molar-refractivity contribution in [1.29, 1.82) is 0 Å². The maximum absolute atomic E-state index is 13.4. The molecule has 0 aliphatic heterocycles. The van der Waals surface area contributed by atoms with E-state index in [0.29, 0.717) is 0 Å². The Labute approximate surface area is 124 Å². The van der Waals surface area contributed by atoms with Crippen molar-refractivity contribution in [2.45, 2.75) is 6.42 Å². The standard InChI is InChI=1S/C17H11F5/c18-13-12(14(19)16(21)17(22)15(13)20)10-6-2-5-9-11-7-3-1-4-8-11/h1-9H,10H2/b6-2+,9-5+. The lowest BCUT2D eigenvalue weighted by atomic mass is 10.1. The molecule has 0 amide bonds. The summed E-state index contributed by atoms with van der Waals surface area (Å²) in [5.74, 6) is -9.60. The van der Waals surface area contributed by atoms with E-state index >= 15 is 0 Å². The maximum atomic E-state index is 13.4. The van der Waals surface area contributed by atoms with Gasteiger partial charge in [0.05, 0.1) is 0 Å². The number of hydrogen-bond donors (Lipinski definition) is 0. The molecule has 2 aromatic rings. The van der Waals surface area contributed by atoms with E-state index in [1.54, 1.807) is 12.2 Å². The third-order valence-electron chi connectivity index (χ3n) is 2.96. The first-order valence-electron chi connectivity index (χ1n) is 6.41. The van der Waals surface area contributed by atoms with Crippen LogP contribution in [0.25, 0.3) is 6.08 Å². The van der Waals surface area contributed by atoms with Gasteiger partial charge < -0.3 is 0 Å². The summed E-state index contributed by atoms with van der Waals surface area (Å²) in [6.07, 6.45) is 5.75. The Morgan fingerprint density at radius 3 is 1.82 bits per heavy atom. The molecule has 0 radical (unpaired) electrons. The summed E-state index contributed by atoms with van der Waals surface area (Å²) in [4.78, 5) is 0. The summed E-state index contributed by atoms with van der Waals surface area (Å²) in [5.41, 5.74) is 0.0733. The Bertz CT molecular complexity index is 689. The molecule has 0 aromatic heterocycles. The normalized spacial score (nSPS) is 11.7. The van der Waals surface area contributed by atoms with Crippen molar-refractivity contribution in [2.24, 2.45) is 0 Å². The number of hydrogen-bond acceptors (Lipinski definition) is 0. The zero-order valence-corrected chi connectivity index (χ0v) is 11.3. The first kappa shape index (κ1) is 15.9. The molecule has 0 heterocycles. The van der Waals surface area contributed by atoms with Crippen molar-refractivity contribution >= 4 is 6.08 Å². The lowest BCUT2D eigenvalue weighted by Gasteiger charge is -2.05. The van der Waals surface area contributed by atoms with Crippen LogP contribution >= 0.6 is 0 Å². The number of allylic oxidation sites excluding steroid dienone is 3. The van der Waals surface area contributed by atoms with Crippen LogP contribution in [0.5, 0.6) is 0 Å². The largest absolute Gasteiger partial charge is 0.203 e. The smallest absolute Gasteiger partial charge is 0.200 e. The minimum Gasteiger partial charge on any atom is -0.203 e. The van der Waals surface area contributed by atoms with Crippen molar-refractivity contribution in [3.8, 4) is 0 Å². The highest BCUT2D eigenvalue weighted by Crippen LogP contribution is 2.23. The van der Waals surface area contributed by atoms with E-state index in [2.05, 4.69) is 0 Å². The van der Waals surface area contributed by atoms with Crippen LogP contribution in [0.15, 0.2) is 48.6 Å². The van der Waals surface area contributed by atoms with Gasteiger partial charge in [-0.15, -0.1) is 0 Å². The first-order chi connectivity index (χ1) is 10.5. The summed E-state index contributed by atoms with van der Waals surface area (Å²) in [5, 5.41) is 0. The third-order valence-corrected chi connectivity index (χ3v) is 2.96. The summed E-state index contributed by atoms with van der Waals surface area (Å²) in [6, 6.07) is 9.26. The Balaban J connectivity index is 2.12. The third kappa shape index (κ3) is 3.42. The first-order valence-corrected chi connectivity index (χ1v) is 6.41. The quantitative estimate of drug-likeness (QED) is 0.315.